The zero-order chi connectivity index (χ0) is 20.7. The van der Waals surface area contributed by atoms with E-state index in [1.165, 1.54) is 43.4 Å². The lowest BCUT2D eigenvalue weighted by atomic mass is 9.48. The van der Waals surface area contributed by atoms with Gasteiger partial charge in [0.25, 0.3) is 11.8 Å². The van der Waals surface area contributed by atoms with Crippen molar-refractivity contribution in [2.75, 3.05) is 32.7 Å². The van der Waals surface area contributed by atoms with Gasteiger partial charge in [0, 0.05) is 11.6 Å². The summed E-state index contributed by atoms with van der Waals surface area (Å²) in [6, 6.07) is 9.79. The van der Waals surface area contributed by atoms with Crippen molar-refractivity contribution in [1.29, 1.82) is 0 Å². The molecule has 2 amide bonds. The van der Waals surface area contributed by atoms with Crippen molar-refractivity contribution in [2.45, 2.75) is 51.5 Å². The minimum Gasteiger partial charge on any atom is -0.348 e. The smallest absolute Gasteiger partial charge is 0.275 e. The van der Waals surface area contributed by atoms with Crippen molar-refractivity contribution in [3.05, 3.63) is 35.9 Å². The van der Waals surface area contributed by atoms with E-state index < -0.39 is 0 Å². The lowest BCUT2D eigenvalue weighted by molar-refractivity contribution is -0.896. The van der Waals surface area contributed by atoms with Crippen LogP contribution in [0.5, 0.6) is 0 Å². The summed E-state index contributed by atoms with van der Waals surface area (Å²) in [5.74, 6) is 3.04. The molecule has 2 N–H and O–H groups in total. The van der Waals surface area contributed by atoms with Gasteiger partial charge >= 0.3 is 0 Å². The van der Waals surface area contributed by atoms with Crippen LogP contribution >= 0.6 is 0 Å². The molecule has 4 bridgehead atoms. The predicted molar refractivity (Wildman–Crippen MR) is 116 cm³/mol. The largest absolute Gasteiger partial charge is 0.348 e. The first-order chi connectivity index (χ1) is 14.5. The minimum atomic E-state index is 0.106. The van der Waals surface area contributed by atoms with E-state index in [1.54, 1.807) is 0 Å². The Morgan fingerprint density at radius 2 is 1.60 bits per heavy atom. The highest BCUT2D eigenvalue weighted by Gasteiger charge is 2.53. The molecular formula is C25H36N3O2+. The summed E-state index contributed by atoms with van der Waals surface area (Å²) < 4.78 is 0. The van der Waals surface area contributed by atoms with Gasteiger partial charge in [-0.25, -0.2) is 0 Å². The number of carbonyl (C=O) groups excluding carboxylic acids is 2. The molecule has 1 aromatic carbocycles. The van der Waals surface area contributed by atoms with E-state index >= 15 is 0 Å². The fraction of sp³-hybridized carbons (Fsp3) is 0.680. The molecule has 0 unspecified atom stereocenters. The van der Waals surface area contributed by atoms with Crippen molar-refractivity contribution < 1.29 is 14.5 Å². The van der Waals surface area contributed by atoms with Gasteiger partial charge in [0.2, 0.25) is 0 Å². The highest BCUT2D eigenvalue weighted by molar-refractivity contribution is 5.94. The van der Waals surface area contributed by atoms with E-state index in [-0.39, 0.29) is 11.8 Å². The monoisotopic (exact) mass is 410 g/mol. The van der Waals surface area contributed by atoms with Crippen LogP contribution in [0.4, 0.5) is 0 Å². The zero-order valence-corrected chi connectivity index (χ0v) is 18.2. The summed E-state index contributed by atoms with van der Waals surface area (Å²) in [5.41, 5.74) is 1.11. The Balaban J connectivity index is 1.11. The maximum absolute atomic E-state index is 12.8. The summed E-state index contributed by atoms with van der Waals surface area (Å²) in [7, 11) is 0. The van der Waals surface area contributed by atoms with E-state index in [2.05, 4.69) is 12.2 Å². The number of piperazine rings is 1. The van der Waals surface area contributed by atoms with Crippen LogP contribution in [0.25, 0.3) is 0 Å². The molecule has 0 spiro atoms. The number of nitrogens with zero attached hydrogens (tertiary/aromatic N) is 1. The van der Waals surface area contributed by atoms with Gasteiger partial charge in [0.05, 0.1) is 26.2 Å². The van der Waals surface area contributed by atoms with Gasteiger partial charge in [-0.2, -0.15) is 0 Å². The van der Waals surface area contributed by atoms with Gasteiger partial charge in [0.15, 0.2) is 6.54 Å². The summed E-state index contributed by atoms with van der Waals surface area (Å²) >= 11 is 0. The van der Waals surface area contributed by atoms with Crippen LogP contribution in [0.15, 0.2) is 30.3 Å². The average Bonchev–Trinajstić information content (AvgIpc) is 2.73. The third-order valence-electron chi connectivity index (χ3n) is 8.57. The molecule has 4 saturated carbocycles. The second-order valence-corrected chi connectivity index (χ2v) is 10.7. The molecule has 1 saturated heterocycles. The Morgan fingerprint density at radius 1 is 1.03 bits per heavy atom. The second-order valence-electron chi connectivity index (χ2n) is 10.7. The van der Waals surface area contributed by atoms with Crippen molar-refractivity contribution in [1.82, 2.24) is 10.2 Å². The van der Waals surface area contributed by atoms with Crippen LogP contribution in [0.1, 0.15) is 55.8 Å². The number of hydrogen-bond acceptors (Lipinski definition) is 2. The topological polar surface area (TPSA) is 53.9 Å². The van der Waals surface area contributed by atoms with Crippen LogP contribution < -0.4 is 10.2 Å². The van der Waals surface area contributed by atoms with Crippen LogP contribution in [-0.4, -0.2) is 55.5 Å². The van der Waals surface area contributed by atoms with Crippen molar-refractivity contribution in [2.24, 2.45) is 23.2 Å². The lowest BCUT2D eigenvalue weighted by Crippen LogP contribution is -3.16. The van der Waals surface area contributed by atoms with Crippen LogP contribution in [-0.2, 0) is 4.79 Å². The van der Waals surface area contributed by atoms with Gasteiger partial charge in [0.1, 0.15) is 0 Å². The number of quaternary nitrogens is 1. The number of nitrogens with one attached hydrogen (secondary N) is 2. The number of amides is 2. The third kappa shape index (κ3) is 3.89. The van der Waals surface area contributed by atoms with Gasteiger partial charge in [-0.1, -0.05) is 18.2 Å². The van der Waals surface area contributed by atoms with Gasteiger partial charge in [-0.05, 0) is 80.8 Å². The Morgan fingerprint density at radius 3 is 2.17 bits per heavy atom. The molecular weight excluding hydrogens is 374 g/mol. The highest BCUT2D eigenvalue weighted by atomic mass is 16.2. The summed E-state index contributed by atoms with van der Waals surface area (Å²) in [4.78, 5) is 28.7. The Hall–Kier alpha value is -1.88. The molecule has 0 radical (unpaired) electrons. The van der Waals surface area contributed by atoms with Crippen molar-refractivity contribution >= 4 is 11.8 Å². The summed E-state index contributed by atoms with van der Waals surface area (Å²) in [5, 5.41) is 3.40. The first-order valence-corrected chi connectivity index (χ1v) is 12.0. The van der Waals surface area contributed by atoms with Crippen LogP contribution in [0.3, 0.4) is 0 Å². The first-order valence-electron chi connectivity index (χ1n) is 12.0. The number of carbonyl (C=O) groups is 2. The molecule has 0 aromatic heterocycles. The van der Waals surface area contributed by atoms with Gasteiger partial charge < -0.3 is 15.1 Å². The van der Waals surface area contributed by atoms with E-state index in [0.29, 0.717) is 18.0 Å². The number of rotatable bonds is 5. The van der Waals surface area contributed by atoms with E-state index in [1.807, 2.05) is 35.2 Å². The molecule has 5 aliphatic rings. The average molecular weight is 411 g/mol. The molecule has 4 aliphatic carbocycles. The highest BCUT2D eigenvalue weighted by Crippen LogP contribution is 2.61. The normalized spacial score (nSPS) is 34.0. The molecule has 5 fully saturated rings. The Kier molecular flexibility index (Phi) is 5.34. The Bertz CT molecular complexity index is 750. The molecule has 1 aliphatic heterocycles. The van der Waals surface area contributed by atoms with E-state index in [9.17, 15) is 9.59 Å². The van der Waals surface area contributed by atoms with Crippen molar-refractivity contribution in [3.8, 4) is 0 Å². The van der Waals surface area contributed by atoms with Crippen LogP contribution in [0.2, 0.25) is 0 Å². The third-order valence-corrected chi connectivity index (χ3v) is 8.57. The van der Waals surface area contributed by atoms with Crippen molar-refractivity contribution in [3.63, 3.8) is 0 Å². The molecule has 1 aromatic rings. The Labute approximate surface area is 180 Å². The van der Waals surface area contributed by atoms with E-state index in [4.69, 9.17) is 0 Å². The molecule has 1 heterocycles. The summed E-state index contributed by atoms with van der Waals surface area (Å²) in [6.07, 6.45) is 8.30. The molecule has 6 rings (SSSR count). The zero-order valence-electron chi connectivity index (χ0n) is 18.2. The first kappa shape index (κ1) is 20.0. The minimum absolute atomic E-state index is 0.106. The van der Waals surface area contributed by atoms with Gasteiger partial charge in [-0.15, -0.1) is 0 Å². The maximum Gasteiger partial charge on any atom is 0.275 e. The lowest BCUT2D eigenvalue weighted by Gasteiger charge is -2.59. The maximum atomic E-state index is 12.8. The quantitative estimate of drug-likeness (QED) is 0.777. The number of hydrogen-bond donors (Lipinski definition) is 2. The van der Waals surface area contributed by atoms with E-state index in [0.717, 1.165) is 49.5 Å². The molecule has 5 nitrogen and oxygen atoms in total. The fourth-order valence-corrected chi connectivity index (χ4v) is 7.35. The van der Waals surface area contributed by atoms with Gasteiger partial charge in [-0.3, -0.25) is 9.59 Å². The van der Waals surface area contributed by atoms with Crippen LogP contribution in [0, 0.1) is 23.2 Å². The predicted octanol–water partition coefficient (Wildman–Crippen LogP) is 1.75. The standard InChI is InChI=1S/C25H35N3O2/c1-18(25-14-19-11-20(15-25)13-21(12-19)16-25)26-23(29)17-27-7-9-28(10-8-27)24(30)22-5-3-2-4-6-22/h2-6,18-21H,7-17H2,1H3,(H,26,29)/p+1/t18-,19?,20?,21?,25?/m1/s1. The fourth-order valence-electron chi connectivity index (χ4n) is 7.35. The molecule has 30 heavy (non-hydrogen) atoms. The summed E-state index contributed by atoms with van der Waals surface area (Å²) in [6.45, 7) is 5.93. The number of benzene rings is 1. The SMILES string of the molecule is C[C@@H](NC(=O)C[NH+]1CCN(C(=O)c2ccccc2)CC1)C12CC3CC(CC(C3)C1)C2. The molecule has 162 valence electrons. The second kappa shape index (κ2) is 7.99. The molecule has 5 heteroatoms. The molecule has 1 atom stereocenters.